The quantitative estimate of drug-likeness (QED) is 0.0594. The number of unbranched alkanes of at least 4 members (excludes halogenated alkanes) is 13. The van der Waals surface area contributed by atoms with Crippen LogP contribution < -0.4 is 0 Å². The van der Waals surface area contributed by atoms with Crippen molar-refractivity contribution in [2.24, 2.45) is 0 Å². The van der Waals surface area contributed by atoms with Gasteiger partial charge < -0.3 is 14.0 Å². The van der Waals surface area contributed by atoms with E-state index in [0.717, 1.165) is 32.2 Å². The van der Waals surface area contributed by atoms with Gasteiger partial charge in [0, 0.05) is 13.5 Å². The van der Waals surface area contributed by atoms with Crippen LogP contribution in [0.1, 0.15) is 130 Å². The number of rotatable bonds is 21. The third-order valence-electron chi connectivity index (χ3n) is 8.13. The summed E-state index contributed by atoms with van der Waals surface area (Å²) in [6.45, 7) is 8.74. The highest BCUT2D eigenvalue weighted by atomic mass is 31.2. The lowest BCUT2D eigenvalue weighted by Crippen LogP contribution is -2.56. The molecule has 2 rings (SSSR count). The van der Waals surface area contributed by atoms with Crippen LogP contribution in [-0.4, -0.2) is 68.3 Å². The molecule has 8 nitrogen and oxygen atoms in total. The van der Waals surface area contributed by atoms with E-state index in [1.54, 1.807) is 6.92 Å². The molecule has 2 fully saturated rings. The second-order valence-corrected chi connectivity index (χ2v) is 13.8. The van der Waals surface area contributed by atoms with Gasteiger partial charge in [0.1, 0.15) is 12.2 Å². The molecular formula is C30H59NO7P+. The Kier molecular flexibility index (Phi) is 16.1. The molecule has 0 amide bonds. The van der Waals surface area contributed by atoms with Crippen LogP contribution in [0.15, 0.2) is 0 Å². The summed E-state index contributed by atoms with van der Waals surface area (Å²) < 4.78 is 43.0. The highest BCUT2D eigenvalue weighted by Crippen LogP contribution is 2.61. The summed E-state index contributed by atoms with van der Waals surface area (Å²) in [6.07, 6.45) is 17.7. The molecule has 0 aromatic rings. The van der Waals surface area contributed by atoms with Crippen LogP contribution in [0.25, 0.3) is 0 Å². The summed E-state index contributed by atoms with van der Waals surface area (Å²) in [5.74, 6) is -0.430. The van der Waals surface area contributed by atoms with Gasteiger partial charge in [0.2, 0.25) is 6.23 Å². The van der Waals surface area contributed by atoms with Crippen LogP contribution in [0, 0.1) is 0 Å². The van der Waals surface area contributed by atoms with Gasteiger partial charge in [-0.2, -0.15) is 0 Å². The van der Waals surface area contributed by atoms with E-state index in [-0.39, 0.29) is 12.3 Å². The van der Waals surface area contributed by atoms with Crippen molar-refractivity contribution < 1.29 is 36.9 Å². The van der Waals surface area contributed by atoms with Crippen LogP contribution in [0.5, 0.6) is 0 Å². The molecule has 0 spiro atoms. The molecule has 0 N–H and O–H groups in total. The minimum atomic E-state index is -3.77. The molecule has 0 aliphatic carbocycles. The summed E-state index contributed by atoms with van der Waals surface area (Å²) in [6, 6.07) is 0. The molecule has 6 unspecified atom stereocenters. The Balaban J connectivity index is 1.62. The lowest BCUT2D eigenvalue weighted by molar-refractivity contribution is -0.939. The lowest BCUT2D eigenvalue weighted by Gasteiger charge is -2.39. The average Bonchev–Trinajstić information content (AvgIpc) is 3.22. The van der Waals surface area contributed by atoms with E-state index in [1.165, 1.54) is 84.0 Å². The Labute approximate surface area is 239 Å². The Hall–Kier alpha value is -0.500. The smallest absolute Gasteiger partial charge is 0.457 e. The van der Waals surface area contributed by atoms with Crippen molar-refractivity contribution in [3.63, 3.8) is 0 Å². The van der Waals surface area contributed by atoms with Crippen LogP contribution in [0.3, 0.4) is 0 Å². The van der Waals surface area contributed by atoms with Crippen molar-refractivity contribution in [3.05, 3.63) is 0 Å². The first-order valence-corrected chi connectivity index (χ1v) is 17.3. The zero-order valence-corrected chi connectivity index (χ0v) is 26.8. The van der Waals surface area contributed by atoms with Gasteiger partial charge in [-0.15, -0.1) is 0 Å². The highest BCUT2D eigenvalue weighted by Gasteiger charge is 2.56. The number of nitrogens with zero attached hydrogens (tertiary/aromatic N) is 1. The summed E-state index contributed by atoms with van der Waals surface area (Å²) in [7, 11) is 0.326. The van der Waals surface area contributed by atoms with E-state index in [4.69, 9.17) is 23.0 Å². The molecule has 2 aliphatic rings. The van der Waals surface area contributed by atoms with Gasteiger partial charge in [-0.1, -0.05) is 90.4 Å². The van der Waals surface area contributed by atoms with Gasteiger partial charge in [0.05, 0.1) is 26.7 Å². The van der Waals surface area contributed by atoms with Crippen LogP contribution in [0.2, 0.25) is 0 Å². The zero-order valence-electron chi connectivity index (χ0n) is 25.9. The third kappa shape index (κ3) is 12.9. The number of hydrogen-bond acceptors (Lipinski definition) is 7. The van der Waals surface area contributed by atoms with Gasteiger partial charge in [0.15, 0.2) is 6.10 Å². The zero-order chi connectivity index (χ0) is 28.7. The number of piperidine rings is 1. The number of phosphoric acid groups is 1. The largest absolute Gasteiger partial charge is 0.480 e. The number of carbonyl (C=O) groups excluding carboxylic acids is 1. The number of likely N-dealkylation sites (tertiary alicyclic amines) is 1. The molecule has 2 heterocycles. The number of quaternary nitrogens is 1. The number of carbonyl (C=O) groups is 1. The molecule has 9 heteroatoms. The molecule has 0 radical (unpaired) electrons. The summed E-state index contributed by atoms with van der Waals surface area (Å²) >= 11 is 0. The first-order chi connectivity index (χ1) is 18.6. The van der Waals surface area contributed by atoms with Crippen molar-refractivity contribution in [1.29, 1.82) is 0 Å². The fourth-order valence-electron chi connectivity index (χ4n) is 5.78. The molecule has 39 heavy (non-hydrogen) atoms. The van der Waals surface area contributed by atoms with E-state index in [9.17, 15) is 9.36 Å². The van der Waals surface area contributed by atoms with Gasteiger partial charge in [-0.05, 0) is 33.1 Å². The standard InChI is InChI=1S/C30H59NO7P/c1-7-8-9-10-11-12-13-14-15-16-17-18-19-20-24-34-25(2)29(35-27(4)32)26(3)36-39(33)37-28-22-21-23-31(5,6)30(28)38-39/h25-26,28-30H,7-24H2,1-6H3/q+1. The van der Waals surface area contributed by atoms with Crippen molar-refractivity contribution in [2.75, 3.05) is 27.2 Å². The molecule has 230 valence electrons. The number of phosphoric ester groups is 1. The van der Waals surface area contributed by atoms with Crippen molar-refractivity contribution in [2.45, 2.75) is 161 Å². The van der Waals surface area contributed by atoms with E-state index in [2.05, 4.69) is 6.92 Å². The second kappa shape index (κ2) is 18.1. The average molecular weight is 577 g/mol. The van der Waals surface area contributed by atoms with Crippen LogP contribution in [-0.2, 0) is 32.4 Å². The number of hydrogen-bond donors (Lipinski definition) is 0. The highest BCUT2D eigenvalue weighted by molar-refractivity contribution is 7.48. The minimum Gasteiger partial charge on any atom is -0.457 e. The molecule has 6 atom stereocenters. The maximum atomic E-state index is 13.3. The van der Waals surface area contributed by atoms with Gasteiger partial charge in [0.25, 0.3) is 0 Å². The number of esters is 1. The Morgan fingerprint density at radius 1 is 0.872 bits per heavy atom. The normalized spacial score (nSPS) is 26.6. The SMILES string of the molecule is CCCCCCCCCCCCCCCCOC(C)C(OC(C)=O)C(C)OP1(=O)OC2CCC[N+](C)(C)C2O1. The monoisotopic (exact) mass is 576 g/mol. The van der Waals surface area contributed by atoms with Crippen molar-refractivity contribution in [3.8, 4) is 0 Å². The Morgan fingerprint density at radius 3 is 1.92 bits per heavy atom. The van der Waals surface area contributed by atoms with Crippen LogP contribution >= 0.6 is 7.82 Å². The summed E-state index contributed by atoms with van der Waals surface area (Å²) in [5.41, 5.74) is 0. The fraction of sp³-hybridized carbons (Fsp3) is 0.967. The Bertz CT molecular complexity index is 734. The van der Waals surface area contributed by atoms with E-state index in [0.29, 0.717) is 11.1 Å². The molecule has 0 aromatic carbocycles. The van der Waals surface area contributed by atoms with Gasteiger partial charge in [-0.3, -0.25) is 13.8 Å². The molecule has 2 aliphatic heterocycles. The maximum absolute atomic E-state index is 13.3. The van der Waals surface area contributed by atoms with Crippen molar-refractivity contribution >= 4 is 13.8 Å². The van der Waals surface area contributed by atoms with Gasteiger partial charge in [-0.25, -0.2) is 9.09 Å². The van der Waals surface area contributed by atoms with E-state index >= 15 is 0 Å². The predicted molar refractivity (Wildman–Crippen MR) is 155 cm³/mol. The minimum absolute atomic E-state index is 0.257. The maximum Gasteiger partial charge on any atom is 0.480 e. The number of ether oxygens (including phenoxy) is 2. The summed E-state index contributed by atoms with van der Waals surface area (Å²) in [5, 5.41) is 0. The number of likely N-dealkylation sites (N-methyl/N-ethyl adjacent to an activating group) is 1. The Morgan fingerprint density at radius 2 is 1.41 bits per heavy atom. The van der Waals surface area contributed by atoms with E-state index < -0.39 is 32.1 Å². The molecule has 0 aromatic heterocycles. The van der Waals surface area contributed by atoms with Crippen LogP contribution in [0.4, 0.5) is 0 Å². The predicted octanol–water partition coefficient (Wildman–Crippen LogP) is 7.93. The fourth-order valence-corrected chi connectivity index (χ4v) is 7.66. The topological polar surface area (TPSA) is 80.3 Å². The number of fused-ring (bicyclic) bond motifs is 1. The lowest BCUT2D eigenvalue weighted by atomic mass is 10.0. The van der Waals surface area contributed by atoms with E-state index in [1.807, 2.05) is 21.0 Å². The molecule has 2 saturated heterocycles. The first kappa shape index (κ1) is 34.7. The molecule has 0 bridgehead atoms. The molecule has 0 saturated carbocycles. The summed E-state index contributed by atoms with van der Waals surface area (Å²) in [4.78, 5) is 11.8. The molecular weight excluding hydrogens is 517 g/mol. The van der Waals surface area contributed by atoms with Crippen molar-refractivity contribution in [1.82, 2.24) is 0 Å². The van der Waals surface area contributed by atoms with Gasteiger partial charge >= 0.3 is 13.8 Å². The third-order valence-corrected chi connectivity index (χ3v) is 9.73. The second-order valence-electron chi connectivity index (χ2n) is 12.3. The first-order valence-electron chi connectivity index (χ1n) is 15.8.